The van der Waals surface area contributed by atoms with Crippen molar-refractivity contribution in [2.75, 3.05) is 25.0 Å². The van der Waals surface area contributed by atoms with E-state index in [-0.39, 0.29) is 12.0 Å². The summed E-state index contributed by atoms with van der Waals surface area (Å²) in [5.74, 6) is 1.26. The second-order valence-electron chi connectivity index (χ2n) is 8.15. The third-order valence-electron chi connectivity index (χ3n) is 6.06. The fourth-order valence-electron chi connectivity index (χ4n) is 4.26. The first-order chi connectivity index (χ1) is 15.6. The zero-order valence-corrected chi connectivity index (χ0v) is 18.7. The largest absolute Gasteiger partial charge is 0.490 e. The number of anilines is 1. The van der Waals surface area contributed by atoms with E-state index in [0.29, 0.717) is 16.4 Å². The highest BCUT2D eigenvalue weighted by atomic mass is 35.5. The Kier molecular flexibility index (Phi) is 5.72. The Morgan fingerprint density at radius 2 is 2.06 bits per heavy atom. The minimum absolute atomic E-state index is 0.144. The highest BCUT2D eigenvalue weighted by molar-refractivity contribution is 6.34. The number of likely N-dealkylation sites (tertiary alicyclic amines) is 1. The molecular formula is C25H25ClN4O2. The number of piperidine rings is 1. The fraction of sp³-hybridized carbons (Fsp3) is 0.280. The van der Waals surface area contributed by atoms with Crippen LogP contribution >= 0.6 is 11.6 Å². The van der Waals surface area contributed by atoms with Gasteiger partial charge in [0.15, 0.2) is 0 Å². The van der Waals surface area contributed by atoms with Crippen LogP contribution in [0, 0.1) is 0 Å². The van der Waals surface area contributed by atoms with Crippen molar-refractivity contribution in [2.45, 2.75) is 25.9 Å². The van der Waals surface area contributed by atoms with Crippen molar-refractivity contribution < 1.29 is 9.53 Å². The molecule has 2 aliphatic rings. The summed E-state index contributed by atoms with van der Waals surface area (Å²) >= 11 is 6.10. The van der Waals surface area contributed by atoms with Gasteiger partial charge in [-0.3, -0.25) is 4.79 Å². The predicted octanol–water partition coefficient (Wildman–Crippen LogP) is 5.09. The summed E-state index contributed by atoms with van der Waals surface area (Å²) in [6, 6.07) is 13.3. The molecule has 3 aromatic rings. The molecule has 164 valence electrons. The van der Waals surface area contributed by atoms with Gasteiger partial charge in [-0.25, -0.2) is 4.98 Å². The Morgan fingerprint density at radius 3 is 2.84 bits per heavy atom. The van der Waals surface area contributed by atoms with Gasteiger partial charge < -0.3 is 19.9 Å². The molecule has 2 N–H and O–H groups in total. The number of carbonyl (C=O) groups excluding carboxylic acids is 1. The van der Waals surface area contributed by atoms with Crippen LogP contribution in [0.4, 0.5) is 5.69 Å². The number of hydrogen-bond acceptors (Lipinski definition) is 4. The van der Waals surface area contributed by atoms with Gasteiger partial charge in [0.25, 0.3) is 5.91 Å². The third-order valence-corrected chi connectivity index (χ3v) is 6.29. The van der Waals surface area contributed by atoms with Crippen LogP contribution in [0.25, 0.3) is 22.9 Å². The molecule has 5 rings (SSSR count). The monoisotopic (exact) mass is 448 g/mol. The summed E-state index contributed by atoms with van der Waals surface area (Å²) in [4.78, 5) is 22.8. The van der Waals surface area contributed by atoms with E-state index < -0.39 is 0 Å². The molecule has 1 fully saturated rings. The minimum Gasteiger partial charge on any atom is -0.490 e. The molecule has 0 spiro atoms. The zero-order chi connectivity index (χ0) is 22.1. The molecule has 0 aliphatic carbocycles. The van der Waals surface area contributed by atoms with Gasteiger partial charge in [-0.2, -0.15) is 0 Å². The van der Waals surface area contributed by atoms with Crippen LogP contribution in [0.5, 0.6) is 5.75 Å². The van der Waals surface area contributed by atoms with Crippen LogP contribution < -0.4 is 10.1 Å². The summed E-state index contributed by atoms with van der Waals surface area (Å²) in [6.45, 7) is 5.39. The van der Waals surface area contributed by atoms with Crippen molar-refractivity contribution in [3.8, 4) is 17.0 Å². The second kappa shape index (κ2) is 8.81. The first-order valence-corrected chi connectivity index (χ1v) is 11.3. The molecule has 0 atom stereocenters. The van der Waals surface area contributed by atoms with E-state index >= 15 is 0 Å². The molecule has 0 bridgehead atoms. The topological polar surface area (TPSA) is 70.2 Å². The Bertz CT molecular complexity index is 1180. The molecule has 2 aromatic carbocycles. The van der Waals surface area contributed by atoms with E-state index in [1.807, 2.05) is 48.7 Å². The lowest BCUT2D eigenvalue weighted by molar-refractivity contribution is -0.110. The number of rotatable bonds is 5. The average Bonchev–Trinajstić information content (AvgIpc) is 3.39. The Hall–Kier alpha value is -3.09. The smallest absolute Gasteiger partial charge is 0.256 e. The number of carbonyl (C=O) groups is 1. The molecule has 7 heteroatoms. The molecule has 3 heterocycles. The lowest BCUT2D eigenvalue weighted by Crippen LogP contribution is -2.37. The van der Waals surface area contributed by atoms with E-state index in [2.05, 4.69) is 27.1 Å². The summed E-state index contributed by atoms with van der Waals surface area (Å²) in [7, 11) is 0. The van der Waals surface area contributed by atoms with Crippen molar-refractivity contribution in [3.63, 3.8) is 0 Å². The molecule has 0 radical (unpaired) electrons. The van der Waals surface area contributed by atoms with E-state index in [0.717, 1.165) is 60.7 Å². The third kappa shape index (κ3) is 4.29. The van der Waals surface area contributed by atoms with Crippen LogP contribution in [-0.2, 0) is 4.79 Å². The number of hydrogen-bond donors (Lipinski definition) is 2. The number of nitrogens with zero attached hydrogens (tertiary/aromatic N) is 2. The number of nitrogens with one attached hydrogen (secondary N) is 2. The highest BCUT2D eigenvalue weighted by Crippen LogP contribution is 2.36. The fourth-order valence-corrected chi connectivity index (χ4v) is 4.45. The quantitative estimate of drug-likeness (QED) is 0.533. The van der Waals surface area contributed by atoms with E-state index in [1.54, 1.807) is 6.08 Å². The number of aromatic nitrogens is 2. The molecule has 6 nitrogen and oxygen atoms in total. The van der Waals surface area contributed by atoms with Crippen LogP contribution in [0.15, 0.2) is 48.7 Å². The SMILES string of the molecule is CCN1CCC(Oc2ccc3c(c2)/C(=C/c2nc(-c4cccc(Cl)c4)c[nH]2)C(=O)N3)CC1. The van der Waals surface area contributed by atoms with Crippen molar-refractivity contribution in [3.05, 3.63) is 65.1 Å². The number of benzene rings is 2. The molecule has 0 unspecified atom stereocenters. The van der Waals surface area contributed by atoms with Gasteiger partial charge in [-0.15, -0.1) is 0 Å². The van der Waals surface area contributed by atoms with E-state index in [1.165, 1.54) is 0 Å². The van der Waals surface area contributed by atoms with Crippen LogP contribution in [0.3, 0.4) is 0 Å². The van der Waals surface area contributed by atoms with Gasteiger partial charge in [0.2, 0.25) is 0 Å². The Labute approximate surface area is 192 Å². The van der Waals surface area contributed by atoms with E-state index in [4.69, 9.17) is 16.3 Å². The first kappa shape index (κ1) is 20.8. The van der Waals surface area contributed by atoms with Gasteiger partial charge in [0.05, 0.1) is 11.3 Å². The first-order valence-electron chi connectivity index (χ1n) is 11.0. The molecule has 1 saturated heterocycles. The number of imidazole rings is 1. The van der Waals surface area contributed by atoms with Crippen molar-refractivity contribution >= 4 is 34.8 Å². The average molecular weight is 449 g/mol. The number of fused-ring (bicyclic) bond motifs is 1. The van der Waals surface area contributed by atoms with Gasteiger partial charge >= 0.3 is 0 Å². The van der Waals surface area contributed by atoms with Crippen molar-refractivity contribution in [1.82, 2.24) is 14.9 Å². The number of ether oxygens (including phenoxy) is 1. The molecule has 0 saturated carbocycles. The van der Waals surface area contributed by atoms with Crippen molar-refractivity contribution in [2.24, 2.45) is 0 Å². The van der Waals surface area contributed by atoms with Gasteiger partial charge in [-0.1, -0.05) is 30.7 Å². The standard InChI is InChI=1S/C25H25ClN4O2/c1-2-30-10-8-18(9-11-30)32-19-6-7-22-20(13-19)21(25(31)29-22)14-24-27-15-23(28-24)16-4-3-5-17(26)12-16/h3-7,12-15,18H,2,8-11H2,1H3,(H,27,28)(H,29,31)/b21-14-. The normalized spacial score (nSPS) is 18.1. The lowest BCUT2D eigenvalue weighted by atomic mass is 10.1. The minimum atomic E-state index is -0.144. The second-order valence-corrected chi connectivity index (χ2v) is 8.59. The van der Waals surface area contributed by atoms with Gasteiger partial charge in [0.1, 0.15) is 17.7 Å². The van der Waals surface area contributed by atoms with E-state index in [9.17, 15) is 4.79 Å². The number of halogens is 1. The molecule has 32 heavy (non-hydrogen) atoms. The summed E-state index contributed by atoms with van der Waals surface area (Å²) in [5.41, 5.74) is 3.88. The zero-order valence-electron chi connectivity index (χ0n) is 17.9. The number of H-pyrrole nitrogens is 1. The van der Waals surface area contributed by atoms with Crippen LogP contribution in [0.2, 0.25) is 5.02 Å². The molecule has 2 aliphatic heterocycles. The maximum atomic E-state index is 12.6. The van der Waals surface area contributed by atoms with Crippen LogP contribution in [-0.4, -0.2) is 46.5 Å². The maximum absolute atomic E-state index is 12.6. The summed E-state index contributed by atoms with van der Waals surface area (Å²) < 4.78 is 6.25. The Balaban J connectivity index is 1.37. The Morgan fingerprint density at radius 1 is 1.22 bits per heavy atom. The number of amides is 1. The summed E-state index contributed by atoms with van der Waals surface area (Å²) in [5, 5.41) is 3.58. The van der Waals surface area contributed by atoms with Gasteiger partial charge in [0, 0.05) is 41.1 Å². The summed E-state index contributed by atoms with van der Waals surface area (Å²) in [6.07, 6.45) is 5.83. The van der Waals surface area contributed by atoms with Gasteiger partial charge in [-0.05, 0) is 55.8 Å². The predicted molar refractivity (Wildman–Crippen MR) is 128 cm³/mol. The van der Waals surface area contributed by atoms with Crippen LogP contribution in [0.1, 0.15) is 31.2 Å². The highest BCUT2D eigenvalue weighted by Gasteiger charge is 2.26. The molecule has 1 aromatic heterocycles. The van der Waals surface area contributed by atoms with Crippen molar-refractivity contribution in [1.29, 1.82) is 0 Å². The molecular weight excluding hydrogens is 424 g/mol. The molecule has 1 amide bonds. The lowest BCUT2D eigenvalue weighted by Gasteiger charge is -2.31. The maximum Gasteiger partial charge on any atom is 0.256 e. The number of aromatic amines is 1.